The van der Waals surface area contributed by atoms with Crippen molar-refractivity contribution < 1.29 is 4.74 Å². The van der Waals surface area contributed by atoms with Crippen LogP contribution in [0.5, 0.6) is 0 Å². The summed E-state index contributed by atoms with van der Waals surface area (Å²) in [4.78, 5) is 7.19. The third-order valence-electron chi connectivity index (χ3n) is 4.12. The van der Waals surface area contributed by atoms with E-state index >= 15 is 0 Å². The van der Waals surface area contributed by atoms with Crippen molar-refractivity contribution >= 4 is 17.0 Å². The van der Waals surface area contributed by atoms with Gasteiger partial charge in [0.2, 0.25) is 5.95 Å². The molecule has 1 saturated heterocycles. The third-order valence-corrected chi connectivity index (χ3v) is 4.12. The van der Waals surface area contributed by atoms with E-state index in [2.05, 4.69) is 27.7 Å². The topological polar surface area (TPSA) is 56.3 Å². The molecule has 5 nitrogen and oxygen atoms in total. The molecule has 0 aliphatic carbocycles. The number of fused-ring (bicyclic) bond motifs is 1. The molecule has 0 amide bonds. The van der Waals surface area contributed by atoms with Crippen LogP contribution in [0.4, 0.5) is 5.95 Å². The lowest BCUT2D eigenvalue weighted by atomic mass is 10.1. The molecule has 21 heavy (non-hydrogen) atoms. The number of imidazole rings is 1. The molecule has 1 fully saturated rings. The Hall–Kier alpha value is -1.59. The summed E-state index contributed by atoms with van der Waals surface area (Å²) in [5.74, 6) is 1.06. The van der Waals surface area contributed by atoms with Gasteiger partial charge >= 0.3 is 0 Å². The standard InChI is InChI=1S/C16H24N4O/c1-2-21-12-11-20-15-6-4-3-5-14(15)18-16(20)19-9-7-13(17)8-10-19/h3-6,13H,2,7-12,17H2,1H3. The van der Waals surface area contributed by atoms with Crippen LogP contribution < -0.4 is 10.6 Å². The molecule has 0 radical (unpaired) electrons. The van der Waals surface area contributed by atoms with Crippen molar-refractivity contribution in [3.8, 4) is 0 Å². The summed E-state index contributed by atoms with van der Waals surface area (Å²) in [7, 11) is 0. The van der Waals surface area contributed by atoms with E-state index in [1.54, 1.807) is 0 Å². The highest BCUT2D eigenvalue weighted by molar-refractivity contribution is 5.78. The maximum atomic E-state index is 6.01. The van der Waals surface area contributed by atoms with Gasteiger partial charge in [-0.25, -0.2) is 4.98 Å². The fraction of sp³-hybridized carbons (Fsp3) is 0.562. The van der Waals surface area contributed by atoms with Gasteiger partial charge in [-0.05, 0) is 31.9 Å². The van der Waals surface area contributed by atoms with Crippen molar-refractivity contribution in [1.82, 2.24) is 9.55 Å². The highest BCUT2D eigenvalue weighted by atomic mass is 16.5. The van der Waals surface area contributed by atoms with Gasteiger partial charge in [-0.2, -0.15) is 0 Å². The molecule has 1 aliphatic heterocycles. The summed E-state index contributed by atoms with van der Waals surface area (Å²) in [5.41, 5.74) is 8.25. The van der Waals surface area contributed by atoms with Gasteiger partial charge < -0.3 is 19.9 Å². The molecule has 0 atom stereocenters. The molecular weight excluding hydrogens is 264 g/mol. The summed E-state index contributed by atoms with van der Waals surface area (Å²) >= 11 is 0. The molecule has 0 spiro atoms. The summed E-state index contributed by atoms with van der Waals surface area (Å²) in [5, 5.41) is 0. The molecule has 2 N–H and O–H groups in total. The Labute approximate surface area is 125 Å². The molecule has 2 heterocycles. The van der Waals surface area contributed by atoms with Gasteiger partial charge in [-0.1, -0.05) is 12.1 Å². The van der Waals surface area contributed by atoms with Crippen molar-refractivity contribution in [2.75, 3.05) is 31.2 Å². The number of hydrogen-bond donors (Lipinski definition) is 1. The lowest BCUT2D eigenvalue weighted by molar-refractivity contribution is 0.140. The first-order chi connectivity index (χ1) is 10.3. The van der Waals surface area contributed by atoms with Crippen molar-refractivity contribution in [1.29, 1.82) is 0 Å². The molecule has 1 aromatic heterocycles. The number of piperidine rings is 1. The number of anilines is 1. The van der Waals surface area contributed by atoms with Crippen LogP contribution >= 0.6 is 0 Å². The molecule has 0 bridgehead atoms. The van der Waals surface area contributed by atoms with E-state index in [-0.39, 0.29) is 0 Å². The van der Waals surface area contributed by atoms with Crippen LogP contribution in [0.1, 0.15) is 19.8 Å². The second kappa shape index (κ2) is 6.45. The molecule has 3 rings (SSSR count). The molecule has 114 valence electrons. The molecular formula is C16H24N4O. The lowest BCUT2D eigenvalue weighted by Gasteiger charge is -2.31. The van der Waals surface area contributed by atoms with E-state index in [1.807, 2.05) is 13.0 Å². The molecule has 2 aromatic rings. The fourth-order valence-electron chi connectivity index (χ4n) is 2.92. The Morgan fingerprint density at radius 1 is 1.29 bits per heavy atom. The van der Waals surface area contributed by atoms with Gasteiger partial charge in [0.25, 0.3) is 0 Å². The number of aromatic nitrogens is 2. The predicted molar refractivity (Wildman–Crippen MR) is 85.6 cm³/mol. The summed E-state index contributed by atoms with van der Waals surface area (Å²) in [6, 6.07) is 8.65. The van der Waals surface area contributed by atoms with E-state index in [4.69, 9.17) is 15.5 Å². The van der Waals surface area contributed by atoms with Crippen molar-refractivity contribution in [2.24, 2.45) is 5.73 Å². The molecule has 1 aromatic carbocycles. The Kier molecular flexibility index (Phi) is 4.41. The van der Waals surface area contributed by atoms with Crippen LogP contribution in [0.15, 0.2) is 24.3 Å². The Morgan fingerprint density at radius 3 is 2.81 bits per heavy atom. The molecule has 1 aliphatic rings. The quantitative estimate of drug-likeness (QED) is 0.855. The van der Waals surface area contributed by atoms with Gasteiger partial charge in [0.15, 0.2) is 0 Å². The second-order valence-corrected chi connectivity index (χ2v) is 5.57. The first-order valence-corrected chi connectivity index (χ1v) is 7.83. The van der Waals surface area contributed by atoms with Gasteiger partial charge in [0, 0.05) is 32.3 Å². The number of benzene rings is 1. The SMILES string of the molecule is CCOCCn1c(N2CCC(N)CC2)nc2ccccc21. The Bertz CT molecular complexity index is 587. The number of rotatable bonds is 5. The average molecular weight is 288 g/mol. The van der Waals surface area contributed by atoms with Crippen LogP contribution in [0.3, 0.4) is 0 Å². The smallest absolute Gasteiger partial charge is 0.206 e. The first kappa shape index (κ1) is 14.4. The molecule has 0 saturated carbocycles. The molecule has 0 unspecified atom stereocenters. The second-order valence-electron chi connectivity index (χ2n) is 5.57. The third kappa shape index (κ3) is 3.04. The maximum absolute atomic E-state index is 6.01. The van der Waals surface area contributed by atoms with E-state index < -0.39 is 0 Å². The van der Waals surface area contributed by atoms with Gasteiger partial charge in [0.05, 0.1) is 17.6 Å². The fourth-order valence-corrected chi connectivity index (χ4v) is 2.92. The minimum absolute atomic E-state index is 0.336. The van der Waals surface area contributed by atoms with Crippen LogP contribution in [0.2, 0.25) is 0 Å². The van der Waals surface area contributed by atoms with Crippen LogP contribution in [-0.4, -0.2) is 41.9 Å². The van der Waals surface area contributed by atoms with Gasteiger partial charge in [-0.15, -0.1) is 0 Å². The maximum Gasteiger partial charge on any atom is 0.206 e. The zero-order valence-electron chi connectivity index (χ0n) is 12.7. The van der Waals surface area contributed by atoms with Gasteiger partial charge in [0.1, 0.15) is 0 Å². The van der Waals surface area contributed by atoms with Crippen LogP contribution in [-0.2, 0) is 11.3 Å². The number of hydrogen-bond acceptors (Lipinski definition) is 4. The van der Waals surface area contributed by atoms with E-state index in [9.17, 15) is 0 Å². The minimum Gasteiger partial charge on any atom is -0.380 e. The number of para-hydroxylation sites is 2. The zero-order valence-corrected chi connectivity index (χ0v) is 12.7. The van der Waals surface area contributed by atoms with Crippen molar-refractivity contribution in [3.63, 3.8) is 0 Å². The summed E-state index contributed by atoms with van der Waals surface area (Å²) in [6.07, 6.45) is 2.07. The predicted octanol–water partition coefficient (Wildman–Crippen LogP) is 2.00. The minimum atomic E-state index is 0.336. The van der Waals surface area contributed by atoms with E-state index in [1.165, 1.54) is 5.52 Å². The average Bonchev–Trinajstić information content (AvgIpc) is 2.87. The number of ether oxygens (including phenoxy) is 1. The summed E-state index contributed by atoms with van der Waals surface area (Å²) in [6.45, 7) is 6.31. The Balaban J connectivity index is 1.90. The first-order valence-electron chi connectivity index (χ1n) is 7.83. The van der Waals surface area contributed by atoms with E-state index in [0.717, 1.165) is 57.2 Å². The normalized spacial score (nSPS) is 16.8. The summed E-state index contributed by atoms with van der Waals surface area (Å²) < 4.78 is 7.81. The highest BCUT2D eigenvalue weighted by Gasteiger charge is 2.21. The van der Waals surface area contributed by atoms with Crippen molar-refractivity contribution in [2.45, 2.75) is 32.4 Å². The molecule has 5 heteroatoms. The van der Waals surface area contributed by atoms with Crippen LogP contribution in [0.25, 0.3) is 11.0 Å². The van der Waals surface area contributed by atoms with Crippen LogP contribution in [0, 0.1) is 0 Å². The van der Waals surface area contributed by atoms with E-state index in [0.29, 0.717) is 6.04 Å². The van der Waals surface area contributed by atoms with Crippen molar-refractivity contribution in [3.05, 3.63) is 24.3 Å². The number of nitrogens with zero attached hydrogens (tertiary/aromatic N) is 3. The Morgan fingerprint density at radius 2 is 2.05 bits per heavy atom. The monoisotopic (exact) mass is 288 g/mol. The number of nitrogens with two attached hydrogens (primary N) is 1. The highest BCUT2D eigenvalue weighted by Crippen LogP contribution is 2.24. The lowest BCUT2D eigenvalue weighted by Crippen LogP contribution is -2.41. The van der Waals surface area contributed by atoms with Gasteiger partial charge in [-0.3, -0.25) is 0 Å². The largest absolute Gasteiger partial charge is 0.380 e. The zero-order chi connectivity index (χ0) is 14.7.